The number of aromatic nitrogens is 1. The summed E-state index contributed by atoms with van der Waals surface area (Å²) in [6, 6.07) is 3.21. The summed E-state index contributed by atoms with van der Waals surface area (Å²) < 4.78 is 26.6. The van der Waals surface area contributed by atoms with Crippen LogP contribution >= 0.6 is 0 Å². The molecule has 0 bridgehead atoms. The Kier molecular flexibility index (Phi) is 6.74. The number of hydrogen-bond donors (Lipinski definition) is 1. The molecule has 24 heavy (non-hydrogen) atoms. The molecule has 0 saturated carbocycles. The number of pyridine rings is 1. The molecule has 2 rings (SSSR count). The van der Waals surface area contributed by atoms with Crippen LogP contribution < -0.4 is 5.32 Å². The zero-order valence-electron chi connectivity index (χ0n) is 14.4. The SMILES string of the molecule is CCC(CC)C(=O)NCC1CCN(S(=O)(=O)c2cccnc2)CC1. The highest BCUT2D eigenvalue weighted by atomic mass is 32.2. The maximum atomic E-state index is 12.5. The summed E-state index contributed by atoms with van der Waals surface area (Å²) >= 11 is 0. The molecule has 0 radical (unpaired) electrons. The van der Waals surface area contributed by atoms with Crippen molar-refractivity contribution in [2.45, 2.75) is 44.4 Å². The van der Waals surface area contributed by atoms with Gasteiger partial charge in [-0.2, -0.15) is 4.31 Å². The van der Waals surface area contributed by atoms with Crippen LogP contribution in [0.25, 0.3) is 0 Å². The summed E-state index contributed by atoms with van der Waals surface area (Å²) in [6.45, 7) is 5.66. The third kappa shape index (κ3) is 4.54. The molecule has 1 saturated heterocycles. The predicted octanol–water partition coefficient (Wildman–Crippen LogP) is 2.03. The highest BCUT2D eigenvalue weighted by molar-refractivity contribution is 7.89. The molecule has 1 aromatic rings. The third-order valence-electron chi connectivity index (χ3n) is 4.77. The van der Waals surface area contributed by atoms with Crippen LogP contribution in [0.2, 0.25) is 0 Å². The van der Waals surface area contributed by atoms with E-state index in [2.05, 4.69) is 10.3 Å². The zero-order valence-corrected chi connectivity index (χ0v) is 15.3. The Morgan fingerprint density at radius 1 is 1.33 bits per heavy atom. The largest absolute Gasteiger partial charge is 0.356 e. The van der Waals surface area contributed by atoms with Gasteiger partial charge in [-0.3, -0.25) is 9.78 Å². The van der Waals surface area contributed by atoms with Crippen LogP contribution in [0, 0.1) is 11.8 Å². The molecular weight excluding hydrogens is 326 g/mol. The average Bonchev–Trinajstić information content (AvgIpc) is 2.62. The van der Waals surface area contributed by atoms with Gasteiger partial charge >= 0.3 is 0 Å². The molecule has 0 aromatic carbocycles. The fourth-order valence-electron chi connectivity index (χ4n) is 3.05. The van der Waals surface area contributed by atoms with Gasteiger partial charge in [0.25, 0.3) is 0 Å². The highest BCUT2D eigenvalue weighted by Gasteiger charge is 2.29. The molecule has 1 fully saturated rings. The van der Waals surface area contributed by atoms with E-state index in [1.165, 1.54) is 10.5 Å². The van der Waals surface area contributed by atoms with E-state index in [0.29, 0.717) is 25.6 Å². The van der Waals surface area contributed by atoms with Gasteiger partial charge in [0.05, 0.1) is 0 Å². The average molecular weight is 353 g/mol. The normalized spacial score (nSPS) is 17.1. The van der Waals surface area contributed by atoms with Crippen molar-refractivity contribution in [3.63, 3.8) is 0 Å². The van der Waals surface area contributed by atoms with E-state index < -0.39 is 10.0 Å². The minimum atomic E-state index is -3.45. The van der Waals surface area contributed by atoms with E-state index in [1.807, 2.05) is 13.8 Å². The van der Waals surface area contributed by atoms with Crippen molar-refractivity contribution in [3.05, 3.63) is 24.5 Å². The summed E-state index contributed by atoms with van der Waals surface area (Å²) in [5, 5.41) is 3.02. The van der Waals surface area contributed by atoms with Crippen LogP contribution in [0.15, 0.2) is 29.4 Å². The van der Waals surface area contributed by atoms with Gasteiger partial charge in [0.2, 0.25) is 15.9 Å². The number of amides is 1. The zero-order chi connectivity index (χ0) is 17.6. The number of rotatable bonds is 7. The molecule has 0 aliphatic carbocycles. The summed E-state index contributed by atoms with van der Waals surface area (Å²) in [4.78, 5) is 16.2. The van der Waals surface area contributed by atoms with Crippen molar-refractivity contribution in [2.24, 2.45) is 11.8 Å². The summed E-state index contributed by atoms with van der Waals surface area (Å²) in [6.07, 6.45) is 6.19. The Balaban J connectivity index is 1.84. The van der Waals surface area contributed by atoms with Gasteiger partial charge in [0.15, 0.2) is 0 Å². The topological polar surface area (TPSA) is 79.4 Å². The first-order valence-electron chi connectivity index (χ1n) is 8.66. The van der Waals surface area contributed by atoms with E-state index in [0.717, 1.165) is 25.7 Å². The predicted molar refractivity (Wildman–Crippen MR) is 92.8 cm³/mol. The molecule has 7 heteroatoms. The molecule has 1 aliphatic heterocycles. The molecule has 6 nitrogen and oxygen atoms in total. The van der Waals surface area contributed by atoms with Gasteiger partial charge in [0.1, 0.15) is 4.90 Å². The first kappa shape index (κ1) is 18.9. The lowest BCUT2D eigenvalue weighted by molar-refractivity contribution is -0.125. The molecular formula is C17H27N3O3S. The fraction of sp³-hybridized carbons (Fsp3) is 0.647. The number of sulfonamides is 1. The number of carbonyl (C=O) groups is 1. The van der Waals surface area contributed by atoms with E-state index >= 15 is 0 Å². The van der Waals surface area contributed by atoms with Crippen molar-refractivity contribution in [1.82, 2.24) is 14.6 Å². The van der Waals surface area contributed by atoms with Gasteiger partial charge in [-0.25, -0.2) is 8.42 Å². The monoisotopic (exact) mass is 353 g/mol. The number of hydrogen-bond acceptors (Lipinski definition) is 4. The smallest absolute Gasteiger partial charge is 0.244 e. The molecule has 1 amide bonds. The van der Waals surface area contributed by atoms with Crippen molar-refractivity contribution < 1.29 is 13.2 Å². The molecule has 1 aromatic heterocycles. The maximum absolute atomic E-state index is 12.5. The second-order valence-corrected chi connectivity index (χ2v) is 8.23. The van der Waals surface area contributed by atoms with Gasteiger partial charge in [-0.1, -0.05) is 13.8 Å². The van der Waals surface area contributed by atoms with Crippen LogP contribution in [0.4, 0.5) is 0 Å². The maximum Gasteiger partial charge on any atom is 0.244 e. The van der Waals surface area contributed by atoms with Crippen LogP contribution in [-0.2, 0) is 14.8 Å². The lowest BCUT2D eigenvalue weighted by Gasteiger charge is -2.31. The number of carbonyl (C=O) groups excluding carboxylic acids is 1. The van der Waals surface area contributed by atoms with E-state index in [1.54, 1.807) is 18.3 Å². The lowest BCUT2D eigenvalue weighted by Crippen LogP contribution is -2.42. The first-order valence-corrected chi connectivity index (χ1v) is 10.1. The summed E-state index contributed by atoms with van der Waals surface area (Å²) in [5.74, 6) is 0.533. The van der Waals surface area contributed by atoms with Gasteiger partial charge in [0, 0.05) is 37.9 Å². The Morgan fingerprint density at radius 3 is 2.54 bits per heavy atom. The minimum absolute atomic E-state index is 0.0797. The second-order valence-electron chi connectivity index (χ2n) is 6.29. The fourth-order valence-corrected chi connectivity index (χ4v) is 4.49. The van der Waals surface area contributed by atoms with Crippen LogP contribution in [-0.4, -0.2) is 43.2 Å². The van der Waals surface area contributed by atoms with Crippen LogP contribution in [0.1, 0.15) is 39.5 Å². The molecule has 2 heterocycles. The molecule has 0 spiro atoms. The Morgan fingerprint density at radius 2 is 2.00 bits per heavy atom. The minimum Gasteiger partial charge on any atom is -0.356 e. The van der Waals surface area contributed by atoms with E-state index in [9.17, 15) is 13.2 Å². The molecule has 0 unspecified atom stereocenters. The number of nitrogens with one attached hydrogen (secondary N) is 1. The molecule has 1 N–H and O–H groups in total. The number of piperidine rings is 1. The quantitative estimate of drug-likeness (QED) is 0.813. The van der Waals surface area contributed by atoms with Crippen LogP contribution in [0.5, 0.6) is 0 Å². The second kappa shape index (κ2) is 8.58. The van der Waals surface area contributed by atoms with Crippen molar-refractivity contribution in [3.8, 4) is 0 Å². The van der Waals surface area contributed by atoms with Gasteiger partial charge in [-0.15, -0.1) is 0 Å². The number of nitrogens with zero attached hydrogens (tertiary/aromatic N) is 2. The highest BCUT2D eigenvalue weighted by Crippen LogP contribution is 2.23. The summed E-state index contributed by atoms with van der Waals surface area (Å²) in [7, 11) is -3.45. The standard InChI is InChI=1S/C17H27N3O3S/c1-3-15(4-2)17(21)19-12-14-7-10-20(11-8-14)24(22,23)16-6-5-9-18-13-16/h5-6,9,13-15H,3-4,7-8,10-12H2,1-2H3,(H,19,21). The summed E-state index contributed by atoms with van der Waals surface area (Å²) in [5.41, 5.74) is 0. The third-order valence-corrected chi connectivity index (χ3v) is 6.65. The van der Waals surface area contributed by atoms with Gasteiger partial charge < -0.3 is 5.32 Å². The molecule has 134 valence electrons. The van der Waals surface area contributed by atoms with Crippen molar-refractivity contribution >= 4 is 15.9 Å². The van der Waals surface area contributed by atoms with E-state index in [4.69, 9.17) is 0 Å². The molecule has 1 aliphatic rings. The van der Waals surface area contributed by atoms with Crippen molar-refractivity contribution in [1.29, 1.82) is 0 Å². The molecule has 0 atom stereocenters. The van der Waals surface area contributed by atoms with Crippen molar-refractivity contribution in [2.75, 3.05) is 19.6 Å². The van der Waals surface area contributed by atoms with Gasteiger partial charge in [-0.05, 0) is 43.7 Å². The van der Waals surface area contributed by atoms with Crippen LogP contribution in [0.3, 0.4) is 0 Å². The lowest BCUT2D eigenvalue weighted by atomic mass is 9.97. The Labute approximate surface area is 144 Å². The first-order chi connectivity index (χ1) is 11.5. The van der Waals surface area contributed by atoms with E-state index in [-0.39, 0.29) is 16.7 Å². The Hall–Kier alpha value is -1.47. The Bertz CT molecular complexity index is 622.